The van der Waals surface area contributed by atoms with Gasteiger partial charge < -0.3 is 5.32 Å². The molecule has 1 aromatic rings. The third-order valence-electron chi connectivity index (χ3n) is 2.95. The molecular weight excluding hydrogens is 305 g/mol. The molecule has 0 aliphatic heterocycles. The molecule has 0 heterocycles. The van der Waals surface area contributed by atoms with E-state index in [2.05, 4.69) is 10.0 Å². The molecule has 0 aliphatic carbocycles. The second kappa shape index (κ2) is 7.24. The van der Waals surface area contributed by atoms with Crippen LogP contribution in [0.5, 0.6) is 0 Å². The minimum absolute atomic E-state index is 0.172. The summed E-state index contributed by atoms with van der Waals surface area (Å²) in [5.74, 6) is 0. The summed E-state index contributed by atoms with van der Waals surface area (Å²) in [5.41, 5.74) is -1.22. The average molecular weight is 324 g/mol. The molecule has 120 valence electrons. The van der Waals surface area contributed by atoms with Crippen molar-refractivity contribution in [3.05, 3.63) is 29.3 Å². The highest BCUT2D eigenvalue weighted by Gasteiger charge is 2.34. The minimum atomic E-state index is -4.57. The summed E-state index contributed by atoms with van der Waals surface area (Å²) in [6, 6.07) is 3.15. The predicted molar refractivity (Wildman–Crippen MR) is 74.5 cm³/mol. The summed E-state index contributed by atoms with van der Waals surface area (Å²) in [6.45, 7) is 4.68. The lowest BCUT2D eigenvalue weighted by atomic mass is 10.1. The normalized spacial score (nSPS) is 12.6. The van der Waals surface area contributed by atoms with Gasteiger partial charge in [0.15, 0.2) is 0 Å². The molecule has 2 N–H and O–H groups in total. The lowest BCUT2D eigenvalue weighted by Gasteiger charge is -2.14. The van der Waals surface area contributed by atoms with E-state index in [4.69, 9.17) is 0 Å². The highest BCUT2D eigenvalue weighted by atomic mass is 32.2. The number of halogens is 3. The summed E-state index contributed by atoms with van der Waals surface area (Å²) in [4.78, 5) is -0.333. The smallest absolute Gasteiger partial charge is 0.317 e. The minimum Gasteiger partial charge on any atom is -0.317 e. The van der Waals surface area contributed by atoms with Crippen molar-refractivity contribution < 1.29 is 21.6 Å². The fourth-order valence-corrected chi connectivity index (χ4v) is 3.23. The van der Waals surface area contributed by atoms with Crippen LogP contribution in [0.15, 0.2) is 23.1 Å². The second-order valence-electron chi connectivity index (χ2n) is 4.53. The third kappa shape index (κ3) is 4.98. The molecule has 1 aromatic carbocycles. The Morgan fingerprint density at radius 3 is 2.43 bits per heavy atom. The standard InChI is InChI=1S/C13H19F3N2O2S/c1-3-17-8-5-9-18-21(19,20)12-7-4-6-11(10(12)2)13(14,15)16/h4,6-7,17-18H,3,5,8-9H2,1-2H3. The molecule has 4 nitrogen and oxygen atoms in total. The van der Waals surface area contributed by atoms with Crippen LogP contribution in [-0.4, -0.2) is 28.1 Å². The van der Waals surface area contributed by atoms with Gasteiger partial charge in [0.2, 0.25) is 10.0 Å². The molecule has 0 amide bonds. The molecule has 0 bridgehead atoms. The highest BCUT2D eigenvalue weighted by molar-refractivity contribution is 7.89. The van der Waals surface area contributed by atoms with Gasteiger partial charge in [-0.05, 0) is 44.1 Å². The van der Waals surface area contributed by atoms with E-state index in [1.807, 2.05) is 6.92 Å². The van der Waals surface area contributed by atoms with Crippen molar-refractivity contribution in [2.75, 3.05) is 19.6 Å². The first-order valence-electron chi connectivity index (χ1n) is 6.57. The Labute approximate surface area is 122 Å². The van der Waals surface area contributed by atoms with Gasteiger partial charge in [0.05, 0.1) is 10.5 Å². The Balaban J connectivity index is 2.89. The molecule has 0 unspecified atom stereocenters. The molecule has 8 heteroatoms. The Morgan fingerprint density at radius 2 is 1.86 bits per heavy atom. The van der Waals surface area contributed by atoms with Crippen molar-refractivity contribution in [2.45, 2.75) is 31.3 Å². The second-order valence-corrected chi connectivity index (χ2v) is 6.27. The van der Waals surface area contributed by atoms with E-state index < -0.39 is 21.8 Å². The van der Waals surface area contributed by atoms with Crippen LogP contribution in [0.25, 0.3) is 0 Å². The fourth-order valence-electron chi connectivity index (χ4n) is 1.89. The predicted octanol–water partition coefficient (Wildman–Crippen LogP) is 2.29. The first-order chi connectivity index (χ1) is 9.70. The van der Waals surface area contributed by atoms with Crippen molar-refractivity contribution in [3.8, 4) is 0 Å². The van der Waals surface area contributed by atoms with Crippen LogP contribution < -0.4 is 10.0 Å². The number of rotatable bonds is 7. The van der Waals surface area contributed by atoms with Gasteiger partial charge in [-0.1, -0.05) is 13.0 Å². The number of hydrogen-bond donors (Lipinski definition) is 2. The number of alkyl halides is 3. The quantitative estimate of drug-likeness (QED) is 0.757. The van der Waals surface area contributed by atoms with Crippen LogP contribution in [0, 0.1) is 6.92 Å². The Hall–Kier alpha value is -1.12. The maximum absolute atomic E-state index is 12.8. The molecule has 0 saturated carbocycles. The molecule has 0 spiro atoms. The molecule has 0 radical (unpaired) electrons. The van der Waals surface area contributed by atoms with Gasteiger partial charge in [-0.15, -0.1) is 0 Å². The third-order valence-corrected chi connectivity index (χ3v) is 4.56. The number of benzene rings is 1. The van der Waals surface area contributed by atoms with Crippen LogP contribution in [0.1, 0.15) is 24.5 Å². The summed E-state index contributed by atoms with van der Waals surface area (Å²) in [5, 5.41) is 3.03. The Kier molecular flexibility index (Phi) is 6.18. The summed E-state index contributed by atoms with van der Waals surface area (Å²) in [7, 11) is -3.94. The first kappa shape index (κ1) is 17.9. The van der Waals surface area contributed by atoms with Gasteiger partial charge in [0.25, 0.3) is 0 Å². The molecule has 0 fully saturated rings. The lowest BCUT2D eigenvalue weighted by molar-refractivity contribution is -0.138. The maximum Gasteiger partial charge on any atom is 0.416 e. The monoisotopic (exact) mass is 324 g/mol. The first-order valence-corrected chi connectivity index (χ1v) is 8.05. The Bertz CT molecular complexity index is 571. The van der Waals surface area contributed by atoms with Crippen molar-refractivity contribution in [1.82, 2.24) is 10.0 Å². The van der Waals surface area contributed by atoms with E-state index in [0.717, 1.165) is 25.6 Å². The molecule has 0 saturated heterocycles. The highest BCUT2D eigenvalue weighted by Crippen LogP contribution is 2.34. The zero-order chi connectivity index (χ0) is 16.1. The van der Waals surface area contributed by atoms with E-state index in [1.165, 1.54) is 6.07 Å². The number of nitrogens with one attached hydrogen (secondary N) is 2. The average Bonchev–Trinajstić information content (AvgIpc) is 2.37. The van der Waals surface area contributed by atoms with Crippen molar-refractivity contribution >= 4 is 10.0 Å². The van der Waals surface area contributed by atoms with E-state index >= 15 is 0 Å². The van der Waals surface area contributed by atoms with Crippen LogP contribution in [0.3, 0.4) is 0 Å². The topological polar surface area (TPSA) is 58.2 Å². The van der Waals surface area contributed by atoms with Crippen LogP contribution >= 0.6 is 0 Å². The molecular formula is C13H19F3N2O2S. The Morgan fingerprint density at radius 1 is 1.19 bits per heavy atom. The van der Waals surface area contributed by atoms with Gasteiger partial charge in [-0.2, -0.15) is 13.2 Å². The van der Waals surface area contributed by atoms with E-state index in [0.29, 0.717) is 13.0 Å². The van der Waals surface area contributed by atoms with Gasteiger partial charge in [0, 0.05) is 6.54 Å². The van der Waals surface area contributed by atoms with Crippen LogP contribution in [-0.2, 0) is 16.2 Å². The number of sulfonamides is 1. The van der Waals surface area contributed by atoms with Gasteiger partial charge >= 0.3 is 6.18 Å². The lowest BCUT2D eigenvalue weighted by Crippen LogP contribution is -2.28. The SMILES string of the molecule is CCNCCCNS(=O)(=O)c1cccc(C(F)(F)F)c1C. The van der Waals surface area contributed by atoms with E-state index in [9.17, 15) is 21.6 Å². The summed E-state index contributed by atoms with van der Waals surface area (Å²) >= 11 is 0. The molecule has 1 rings (SSSR count). The van der Waals surface area contributed by atoms with Gasteiger partial charge in [-0.25, -0.2) is 13.1 Å². The van der Waals surface area contributed by atoms with E-state index in [1.54, 1.807) is 0 Å². The zero-order valence-corrected chi connectivity index (χ0v) is 12.7. The molecule has 0 aliphatic rings. The van der Waals surface area contributed by atoms with E-state index in [-0.39, 0.29) is 17.0 Å². The number of hydrogen-bond acceptors (Lipinski definition) is 3. The van der Waals surface area contributed by atoms with Gasteiger partial charge in [-0.3, -0.25) is 0 Å². The molecule has 0 aromatic heterocycles. The van der Waals surface area contributed by atoms with Crippen molar-refractivity contribution in [3.63, 3.8) is 0 Å². The van der Waals surface area contributed by atoms with Crippen LogP contribution in [0.4, 0.5) is 13.2 Å². The van der Waals surface area contributed by atoms with Crippen LogP contribution in [0.2, 0.25) is 0 Å². The maximum atomic E-state index is 12.8. The summed E-state index contributed by atoms with van der Waals surface area (Å²) in [6.07, 6.45) is -4.01. The largest absolute Gasteiger partial charge is 0.416 e. The van der Waals surface area contributed by atoms with Gasteiger partial charge in [0.1, 0.15) is 0 Å². The molecule has 21 heavy (non-hydrogen) atoms. The summed E-state index contributed by atoms with van der Waals surface area (Å²) < 4.78 is 64.8. The van der Waals surface area contributed by atoms with Crippen molar-refractivity contribution in [2.24, 2.45) is 0 Å². The zero-order valence-electron chi connectivity index (χ0n) is 11.9. The fraction of sp³-hybridized carbons (Fsp3) is 0.538. The van der Waals surface area contributed by atoms with Crippen molar-refractivity contribution in [1.29, 1.82) is 0 Å². The molecule has 0 atom stereocenters.